The molecule has 1 aliphatic rings. The fraction of sp³-hybridized carbons (Fsp3) is 1.00. The quantitative estimate of drug-likeness (QED) is 0.428. The van der Waals surface area contributed by atoms with Crippen molar-refractivity contribution in [2.75, 3.05) is 0 Å². The number of hydrogen-bond acceptors (Lipinski definition) is 0. The van der Waals surface area contributed by atoms with E-state index in [0.29, 0.717) is 21.7 Å². The molecule has 1 aliphatic carbocycles. The van der Waals surface area contributed by atoms with Crippen LogP contribution in [0.4, 0.5) is 0 Å². The second-order valence-corrected chi connectivity index (χ2v) is 6.62. The Labute approximate surface area is 113 Å². The average molecular weight is 422 g/mol. The fourth-order valence-electron chi connectivity index (χ4n) is 3.47. The monoisotopic (exact) mass is 422 g/mol. The first-order chi connectivity index (χ1) is 6.00. The van der Waals surface area contributed by atoms with Crippen molar-refractivity contribution < 1.29 is 0 Å². The highest BCUT2D eigenvalue weighted by atomic mass is 128. The number of rotatable bonds is 0. The van der Waals surface area contributed by atoms with Gasteiger partial charge >= 0.3 is 0 Å². The summed E-state index contributed by atoms with van der Waals surface area (Å²) in [5.41, 5.74) is 1.86. The minimum absolute atomic E-state index is 0.417. The van der Waals surface area contributed by atoms with E-state index in [-0.39, 0.29) is 0 Å². The lowest BCUT2D eigenvalue weighted by molar-refractivity contribution is 0.165. The van der Waals surface area contributed by atoms with E-state index in [1.54, 1.807) is 0 Å². The van der Waals surface area contributed by atoms with Crippen molar-refractivity contribution in [3.05, 3.63) is 0 Å². The largest absolute Gasteiger partial charge is 0.0596 e. The lowest BCUT2D eigenvalue weighted by Crippen LogP contribution is -2.25. The van der Waals surface area contributed by atoms with Gasteiger partial charge in [-0.05, 0) is 21.7 Å². The van der Waals surface area contributed by atoms with E-state index in [1.165, 1.54) is 0 Å². The van der Waals surface area contributed by atoms with Gasteiger partial charge in [0.2, 0.25) is 0 Å². The van der Waals surface area contributed by atoms with E-state index in [4.69, 9.17) is 0 Å². The number of halogens is 2. The lowest BCUT2D eigenvalue weighted by Gasteiger charge is -2.32. The molecular weight excluding hydrogens is 398 g/mol. The van der Waals surface area contributed by atoms with E-state index in [0.717, 1.165) is 0 Å². The third kappa shape index (κ3) is 1.66. The van der Waals surface area contributed by atoms with Gasteiger partial charge in [0, 0.05) is 37.2 Å². The van der Waals surface area contributed by atoms with Gasteiger partial charge in [0.15, 0.2) is 0 Å². The Kier molecular flexibility index (Phi) is 4.46. The van der Waals surface area contributed by atoms with Gasteiger partial charge in [-0.2, -0.15) is 0 Å². The van der Waals surface area contributed by atoms with Crippen LogP contribution in [0.5, 0.6) is 0 Å². The highest BCUT2D eigenvalue weighted by Gasteiger charge is 2.77. The summed E-state index contributed by atoms with van der Waals surface area (Å²) in [5.74, 6) is 0. The van der Waals surface area contributed by atoms with Gasteiger partial charge in [-0.25, -0.2) is 0 Å². The topological polar surface area (TPSA) is 0 Å². The molecule has 1 saturated carbocycles. The van der Waals surface area contributed by atoms with Crippen LogP contribution in [0.15, 0.2) is 0 Å². The molecule has 1 fully saturated rings. The molecular formula is C12H24I2. The van der Waals surface area contributed by atoms with Crippen LogP contribution in [0.2, 0.25) is 0 Å². The van der Waals surface area contributed by atoms with Crippen LogP contribution in [-0.4, -0.2) is 0 Å². The summed E-state index contributed by atoms with van der Waals surface area (Å²) in [7, 11) is 0. The predicted molar refractivity (Wildman–Crippen MR) is 83.2 cm³/mol. The molecule has 0 nitrogen and oxygen atoms in total. The molecule has 2 heteroatoms. The highest BCUT2D eigenvalue weighted by Crippen LogP contribution is 2.83. The average Bonchev–Trinajstić information content (AvgIpc) is 2.33. The molecule has 0 aromatic carbocycles. The molecule has 0 heterocycles. The first-order valence-electron chi connectivity index (χ1n) is 5.14. The molecule has 0 unspecified atom stereocenters. The molecule has 0 aromatic heterocycles. The summed E-state index contributed by atoms with van der Waals surface area (Å²) >= 11 is 4.24. The van der Waals surface area contributed by atoms with Crippen LogP contribution in [0.25, 0.3) is 0 Å². The maximum Gasteiger partial charge on any atom is 0 e. The van der Waals surface area contributed by atoms with Crippen molar-refractivity contribution in [1.82, 2.24) is 0 Å². The molecule has 0 spiro atoms. The lowest BCUT2D eigenvalue weighted by atomic mass is 9.72. The third-order valence-electron chi connectivity index (χ3n) is 5.50. The summed E-state index contributed by atoms with van der Waals surface area (Å²) in [6.45, 7) is 19.1. The normalized spacial score (nSPS) is 26.1. The Morgan fingerprint density at radius 3 is 0.929 bits per heavy atom. The van der Waals surface area contributed by atoms with Gasteiger partial charge in [-0.3, -0.25) is 0 Å². The zero-order valence-electron chi connectivity index (χ0n) is 10.8. The zero-order valence-corrected chi connectivity index (χ0v) is 15.1. The SMILES string of the molecule is CC(C)(C)C1(C)C(C)(C)C1(C)C.II. The Hall–Kier alpha value is 1.46. The Morgan fingerprint density at radius 1 is 0.714 bits per heavy atom. The smallest absolute Gasteiger partial charge is 0 e. The van der Waals surface area contributed by atoms with Gasteiger partial charge < -0.3 is 0 Å². The number of hydrogen-bond donors (Lipinski definition) is 0. The first-order valence-corrected chi connectivity index (χ1v) is 11.4. The Morgan fingerprint density at radius 2 is 0.929 bits per heavy atom. The molecule has 0 saturated heterocycles. The zero-order chi connectivity index (χ0) is 12.0. The van der Waals surface area contributed by atoms with Crippen LogP contribution in [0.1, 0.15) is 55.4 Å². The van der Waals surface area contributed by atoms with Gasteiger partial charge in [0.1, 0.15) is 0 Å². The van der Waals surface area contributed by atoms with Crippen LogP contribution in [0.3, 0.4) is 0 Å². The van der Waals surface area contributed by atoms with E-state index in [2.05, 4.69) is 92.6 Å². The van der Waals surface area contributed by atoms with E-state index in [1.807, 2.05) is 0 Å². The predicted octanol–water partition coefficient (Wildman–Crippen LogP) is 5.88. The maximum atomic E-state index is 2.44. The minimum atomic E-state index is 0.417. The highest BCUT2D eigenvalue weighted by molar-refractivity contribution is 15.0. The summed E-state index contributed by atoms with van der Waals surface area (Å²) in [6, 6.07) is 0. The van der Waals surface area contributed by atoms with Crippen molar-refractivity contribution in [3.63, 3.8) is 0 Å². The summed E-state index contributed by atoms with van der Waals surface area (Å²) < 4.78 is 0. The Balaban J connectivity index is 0.000000791. The van der Waals surface area contributed by atoms with E-state index >= 15 is 0 Å². The van der Waals surface area contributed by atoms with Crippen molar-refractivity contribution in [3.8, 4) is 0 Å². The van der Waals surface area contributed by atoms with E-state index < -0.39 is 0 Å². The van der Waals surface area contributed by atoms with Gasteiger partial charge in [0.25, 0.3) is 0 Å². The van der Waals surface area contributed by atoms with E-state index in [9.17, 15) is 0 Å². The minimum Gasteiger partial charge on any atom is -0.0596 e. The molecule has 0 bridgehead atoms. The van der Waals surface area contributed by atoms with Gasteiger partial charge in [-0.15, -0.1) is 0 Å². The third-order valence-corrected chi connectivity index (χ3v) is 5.50. The molecule has 0 N–H and O–H groups in total. The maximum absolute atomic E-state index is 2.44. The van der Waals surface area contributed by atoms with Crippen LogP contribution < -0.4 is 0 Å². The van der Waals surface area contributed by atoms with Crippen molar-refractivity contribution in [2.45, 2.75) is 55.4 Å². The molecule has 86 valence electrons. The van der Waals surface area contributed by atoms with Crippen molar-refractivity contribution in [2.24, 2.45) is 21.7 Å². The molecule has 14 heavy (non-hydrogen) atoms. The molecule has 0 aliphatic heterocycles. The molecule has 0 radical (unpaired) electrons. The summed E-state index contributed by atoms with van der Waals surface area (Å²) in [5, 5.41) is 0. The molecule has 0 amide bonds. The Bertz CT molecular complexity index is 195. The first kappa shape index (κ1) is 15.5. The van der Waals surface area contributed by atoms with Gasteiger partial charge in [-0.1, -0.05) is 55.4 Å². The van der Waals surface area contributed by atoms with Gasteiger partial charge in [0.05, 0.1) is 0 Å². The second kappa shape index (κ2) is 4.04. The van der Waals surface area contributed by atoms with Crippen LogP contribution >= 0.6 is 37.2 Å². The summed E-state index contributed by atoms with van der Waals surface area (Å²) in [6.07, 6.45) is 0. The van der Waals surface area contributed by atoms with Crippen LogP contribution in [-0.2, 0) is 0 Å². The van der Waals surface area contributed by atoms with Crippen molar-refractivity contribution >= 4 is 37.2 Å². The molecule has 1 rings (SSSR count). The fourth-order valence-corrected chi connectivity index (χ4v) is 3.47. The standard InChI is InChI=1S/C12H24.I2/c1-9(2,3)12(8)10(4,5)11(12,6)7;1-2/h1-8H3;. The molecule has 0 aromatic rings. The van der Waals surface area contributed by atoms with Crippen LogP contribution in [0, 0.1) is 21.7 Å². The summed E-state index contributed by atoms with van der Waals surface area (Å²) in [4.78, 5) is 0. The second-order valence-electron chi connectivity index (χ2n) is 6.62. The van der Waals surface area contributed by atoms with Crippen molar-refractivity contribution in [1.29, 1.82) is 0 Å². The molecule has 0 atom stereocenters.